The number of hydrogen-bond acceptors (Lipinski definition) is 2. The number of nitrogens with one attached hydrogen (secondary N) is 1. The molecule has 0 aromatic heterocycles. The fraction of sp³-hybridized carbons (Fsp3) is 0.308. The fourth-order valence-corrected chi connectivity index (χ4v) is 1.28. The third-order valence-electron chi connectivity index (χ3n) is 2.17. The number of benzene rings is 1. The maximum Gasteiger partial charge on any atom is 0.243 e. The van der Waals surface area contributed by atoms with E-state index in [1.807, 2.05) is 24.3 Å². The van der Waals surface area contributed by atoms with E-state index in [4.69, 9.17) is 5.73 Å². The van der Waals surface area contributed by atoms with Gasteiger partial charge in [0, 0.05) is 18.3 Å². The van der Waals surface area contributed by atoms with Crippen LogP contribution in [-0.4, -0.2) is 12.5 Å². The molecule has 0 aliphatic heterocycles. The van der Waals surface area contributed by atoms with Gasteiger partial charge >= 0.3 is 0 Å². The standard InChI is InChI=1S/C13H18N2O/c1-2-3-9-15-13(16)8-7-11-5-4-6-12(14)10-11/h4-8,10H,2-3,9,14H2,1H3,(H,15,16)/b8-7+. The summed E-state index contributed by atoms with van der Waals surface area (Å²) in [5, 5.41) is 2.81. The largest absolute Gasteiger partial charge is 0.399 e. The van der Waals surface area contributed by atoms with E-state index in [-0.39, 0.29) is 5.91 Å². The number of anilines is 1. The molecule has 1 amide bonds. The second kappa shape index (κ2) is 6.67. The SMILES string of the molecule is CCCCNC(=O)/C=C/c1cccc(N)c1. The minimum absolute atomic E-state index is 0.0594. The summed E-state index contributed by atoms with van der Waals surface area (Å²) in [4.78, 5) is 11.3. The number of hydrogen-bond donors (Lipinski definition) is 2. The molecule has 0 aliphatic carbocycles. The van der Waals surface area contributed by atoms with Crippen molar-refractivity contribution in [2.45, 2.75) is 19.8 Å². The number of rotatable bonds is 5. The van der Waals surface area contributed by atoms with Crippen molar-refractivity contribution in [2.24, 2.45) is 0 Å². The van der Waals surface area contributed by atoms with Crippen LogP contribution in [0.1, 0.15) is 25.3 Å². The highest BCUT2D eigenvalue weighted by Gasteiger charge is 1.94. The molecule has 0 saturated heterocycles. The van der Waals surface area contributed by atoms with Gasteiger partial charge in [0.1, 0.15) is 0 Å². The zero-order valence-corrected chi connectivity index (χ0v) is 9.57. The zero-order valence-electron chi connectivity index (χ0n) is 9.57. The first-order valence-corrected chi connectivity index (χ1v) is 5.54. The summed E-state index contributed by atoms with van der Waals surface area (Å²) in [5.41, 5.74) is 7.27. The number of amides is 1. The van der Waals surface area contributed by atoms with Crippen molar-refractivity contribution in [1.82, 2.24) is 5.32 Å². The number of carbonyl (C=O) groups is 1. The lowest BCUT2D eigenvalue weighted by Crippen LogP contribution is -2.21. The van der Waals surface area contributed by atoms with Gasteiger partial charge < -0.3 is 11.1 Å². The Balaban J connectivity index is 2.44. The molecular weight excluding hydrogens is 200 g/mol. The lowest BCUT2D eigenvalue weighted by molar-refractivity contribution is -0.116. The predicted molar refractivity (Wildman–Crippen MR) is 67.8 cm³/mol. The van der Waals surface area contributed by atoms with Crippen LogP contribution in [0, 0.1) is 0 Å². The number of nitrogens with two attached hydrogens (primary N) is 1. The average Bonchev–Trinajstić information content (AvgIpc) is 2.27. The molecule has 0 bridgehead atoms. The molecule has 86 valence electrons. The van der Waals surface area contributed by atoms with Gasteiger partial charge in [-0.25, -0.2) is 0 Å². The van der Waals surface area contributed by atoms with Gasteiger partial charge in [-0.1, -0.05) is 25.5 Å². The molecule has 0 aliphatic rings. The van der Waals surface area contributed by atoms with Crippen molar-refractivity contribution < 1.29 is 4.79 Å². The van der Waals surface area contributed by atoms with Crippen molar-refractivity contribution in [3.8, 4) is 0 Å². The third-order valence-corrected chi connectivity index (χ3v) is 2.17. The average molecular weight is 218 g/mol. The first kappa shape index (κ1) is 12.3. The summed E-state index contributed by atoms with van der Waals surface area (Å²) >= 11 is 0. The minimum atomic E-state index is -0.0594. The second-order valence-electron chi connectivity index (χ2n) is 3.65. The van der Waals surface area contributed by atoms with Gasteiger partial charge in [0.2, 0.25) is 5.91 Å². The maximum absolute atomic E-state index is 11.3. The quantitative estimate of drug-likeness (QED) is 0.452. The molecule has 16 heavy (non-hydrogen) atoms. The van der Waals surface area contributed by atoms with Gasteiger partial charge in [-0.2, -0.15) is 0 Å². The Bertz CT molecular complexity index is 372. The van der Waals surface area contributed by atoms with Crippen LogP contribution < -0.4 is 11.1 Å². The van der Waals surface area contributed by atoms with Crippen molar-refractivity contribution >= 4 is 17.7 Å². The zero-order chi connectivity index (χ0) is 11.8. The Labute approximate surface area is 96.3 Å². The smallest absolute Gasteiger partial charge is 0.243 e. The molecule has 3 nitrogen and oxygen atoms in total. The Morgan fingerprint density at radius 3 is 3.00 bits per heavy atom. The highest BCUT2D eigenvalue weighted by atomic mass is 16.1. The van der Waals surface area contributed by atoms with Crippen molar-refractivity contribution in [3.05, 3.63) is 35.9 Å². The molecule has 1 aromatic carbocycles. The molecule has 0 heterocycles. The van der Waals surface area contributed by atoms with E-state index in [2.05, 4.69) is 12.2 Å². The van der Waals surface area contributed by atoms with Crippen LogP contribution in [-0.2, 0) is 4.79 Å². The van der Waals surface area contributed by atoms with E-state index in [0.717, 1.165) is 24.9 Å². The van der Waals surface area contributed by atoms with Gasteiger partial charge in [-0.3, -0.25) is 4.79 Å². The number of unbranched alkanes of at least 4 members (excludes halogenated alkanes) is 1. The first-order valence-electron chi connectivity index (χ1n) is 5.54. The van der Waals surface area contributed by atoms with Gasteiger partial charge in [-0.15, -0.1) is 0 Å². The van der Waals surface area contributed by atoms with Crippen LogP contribution in [0.3, 0.4) is 0 Å². The van der Waals surface area contributed by atoms with Crippen LogP contribution in [0.25, 0.3) is 6.08 Å². The summed E-state index contributed by atoms with van der Waals surface area (Å²) < 4.78 is 0. The minimum Gasteiger partial charge on any atom is -0.399 e. The molecule has 1 aromatic rings. The first-order chi connectivity index (χ1) is 7.72. The summed E-state index contributed by atoms with van der Waals surface area (Å²) in [6, 6.07) is 7.42. The second-order valence-corrected chi connectivity index (χ2v) is 3.65. The van der Waals surface area contributed by atoms with E-state index in [0.29, 0.717) is 5.69 Å². The summed E-state index contributed by atoms with van der Waals surface area (Å²) in [6.45, 7) is 2.82. The van der Waals surface area contributed by atoms with Gasteiger partial charge in [0.05, 0.1) is 0 Å². The molecule has 1 rings (SSSR count). The molecule has 3 N–H and O–H groups in total. The fourth-order valence-electron chi connectivity index (χ4n) is 1.28. The van der Waals surface area contributed by atoms with Crippen LogP contribution in [0.4, 0.5) is 5.69 Å². The molecule has 0 spiro atoms. The molecule has 3 heteroatoms. The van der Waals surface area contributed by atoms with Crippen LogP contribution in [0.5, 0.6) is 0 Å². The summed E-state index contributed by atoms with van der Waals surface area (Å²) in [7, 11) is 0. The van der Waals surface area contributed by atoms with E-state index in [1.165, 1.54) is 6.08 Å². The number of nitrogen functional groups attached to an aromatic ring is 1. The van der Waals surface area contributed by atoms with E-state index in [9.17, 15) is 4.79 Å². The normalized spacial score (nSPS) is 10.6. The summed E-state index contributed by atoms with van der Waals surface area (Å²) in [5.74, 6) is -0.0594. The molecule has 0 saturated carbocycles. The Morgan fingerprint density at radius 2 is 2.31 bits per heavy atom. The predicted octanol–water partition coefficient (Wildman–Crippen LogP) is 2.20. The number of carbonyl (C=O) groups excluding carboxylic acids is 1. The van der Waals surface area contributed by atoms with E-state index in [1.54, 1.807) is 6.08 Å². The van der Waals surface area contributed by atoms with E-state index >= 15 is 0 Å². The van der Waals surface area contributed by atoms with Crippen LogP contribution >= 0.6 is 0 Å². The highest BCUT2D eigenvalue weighted by molar-refractivity contribution is 5.91. The van der Waals surface area contributed by atoms with Gasteiger partial charge in [0.25, 0.3) is 0 Å². The Hall–Kier alpha value is -1.77. The molecular formula is C13H18N2O. The molecule has 0 radical (unpaired) electrons. The van der Waals surface area contributed by atoms with Crippen molar-refractivity contribution in [3.63, 3.8) is 0 Å². The van der Waals surface area contributed by atoms with Gasteiger partial charge in [-0.05, 0) is 30.2 Å². The van der Waals surface area contributed by atoms with Crippen LogP contribution in [0.15, 0.2) is 30.3 Å². The Kier molecular flexibility index (Phi) is 5.12. The maximum atomic E-state index is 11.3. The topological polar surface area (TPSA) is 55.1 Å². The highest BCUT2D eigenvalue weighted by Crippen LogP contribution is 2.07. The van der Waals surface area contributed by atoms with Gasteiger partial charge in [0.15, 0.2) is 0 Å². The van der Waals surface area contributed by atoms with E-state index < -0.39 is 0 Å². The Morgan fingerprint density at radius 1 is 1.50 bits per heavy atom. The lowest BCUT2D eigenvalue weighted by atomic mass is 10.2. The summed E-state index contributed by atoms with van der Waals surface area (Å²) in [6.07, 6.45) is 5.39. The monoisotopic (exact) mass is 218 g/mol. The lowest BCUT2D eigenvalue weighted by Gasteiger charge is -1.99. The third kappa shape index (κ3) is 4.64. The van der Waals surface area contributed by atoms with Crippen LogP contribution in [0.2, 0.25) is 0 Å². The van der Waals surface area contributed by atoms with Crippen molar-refractivity contribution in [2.75, 3.05) is 12.3 Å². The van der Waals surface area contributed by atoms with Crippen molar-refractivity contribution in [1.29, 1.82) is 0 Å². The molecule has 0 unspecified atom stereocenters. The molecule has 0 atom stereocenters. The molecule has 0 fully saturated rings.